The molecule has 0 unspecified atom stereocenters. The summed E-state index contributed by atoms with van der Waals surface area (Å²) < 4.78 is 1.75. The van der Waals surface area contributed by atoms with Crippen LogP contribution in [0.1, 0.15) is 0 Å². The summed E-state index contributed by atoms with van der Waals surface area (Å²) >= 11 is 0. The quantitative estimate of drug-likeness (QED) is 0.580. The molecule has 0 radical (unpaired) electrons. The van der Waals surface area contributed by atoms with Crippen molar-refractivity contribution in [3.05, 3.63) is 30.5 Å². The number of hydrogen-bond acceptors (Lipinski definition) is 2. The van der Waals surface area contributed by atoms with E-state index in [1.165, 1.54) is 0 Å². The molecule has 0 fully saturated rings. The molecule has 3 nitrogen and oxygen atoms in total. The molecule has 2 heterocycles. The summed E-state index contributed by atoms with van der Waals surface area (Å²) in [7, 11) is 0. The summed E-state index contributed by atoms with van der Waals surface area (Å²) in [6, 6.07) is 7.63. The topological polar surface area (TPSA) is 43.3 Å². The van der Waals surface area contributed by atoms with Crippen molar-refractivity contribution in [2.75, 3.05) is 5.73 Å². The highest BCUT2D eigenvalue weighted by molar-refractivity contribution is 5.48. The Labute approximate surface area is 58.1 Å². The minimum Gasteiger partial charge on any atom is -0.382 e. The fraction of sp³-hybridized carbons (Fsp3) is 0. The Hall–Kier alpha value is -1.51. The minimum absolute atomic E-state index is 0.545. The van der Waals surface area contributed by atoms with Crippen LogP contribution < -0.4 is 5.73 Å². The predicted octanol–water partition coefficient (Wildman–Crippen LogP) is 0.916. The highest BCUT2D eigenvalue weighted by Gasteiger charge is 1.90. The number of nitrogens with zero attached hydrogens (tertiary/aromatic N) is 2. The lowest BCUT2D eigenvalue weighted by atomic mass is 10.4. The molecule has 0 saturated carbocycles. The molecule has 2 aromatic heterocycles. The van der Waals surface area contributed by atoms with E-state index in [0.717, 1.165) is 5.52 Å². The zero-order valence-electron chi connectivity index (χ0n) is 5.36. The zero-order valence-corrected chi connectivity index (χ0v) is 5.36. The van der Waals surface area contributed by atoms with Crippen molar-refractivity contribution in [1.29, 1.82) is 0 Å². The van der Waals surface area contributed by atoms with Gasteiger partial charge in [0.2, 0.25) is 0 Å². The van der Waals surface area contributed by atoms with Gasteiger partial charge in [-0.05, 0) is 24.3 Å². The molecule has 0 aromatic carbocycles. The van der Waals surface area contributed by atoms with Gasteiger partial charge in [0.15, 0.2) is 0 Å². The van der Waals surface area contributed by atoms with Crippen molar-refractivity contribution in [1.82, 2.24) is 9.61 Å². The van der Waals surface area contributed by atoms with Crippen molar-refractivity contribution in [2.24, 2.45) is 0 Å². The smallest absolute Gasteiger partial charge is 0.144 e. The van der Waals surface area contributed by atoms with Crippen molar-refractivity contribution >= 4 is 11.3 Å². The molecule has 0 aliphatic heterocycles. The van der Waals surface area contributed by atoms with Crippen LogP contribution in [0.4, 0.5) is 5.82 Å². The van der Waals surface area contributed by atoms with Crippen LogP contribution in [0, 0.1) is 0 Å². The van der Waals surface area contributed by atoms with Gasteiger partial charge >= 0.3 is 0 Å². The average Bonchev–Trinajstić information content (AvgIpc) is 2.33. The van der Waals surface area contributed by atoms with E-state index in [1.807, 2.05) is 24.4 Å². The van der Waals surface area contributed by atoms with Gasteiger partial charge in [-0.15, -0.1) is 0 Å². The molecule has 3 heteroatoms. The van der Waals surface area contributed by atoms with Gasteiger partial charge in [-0.3, -0.25) is 0 Å². The van der Waals surface area contributed by atoms with E-state index in [2.05, 4.69) is 5.10 Å². The maximum Gasteiger partial charge on any atom is 0.144 e. The summed E-state index contributed by atoms with van der Waals surface area (Å²) in [5.41, 5.74) is 6.52. The van der Waals surface area contributed by atoms with Gasteiger partial charge in [0.1, 0.15) is 5.82 Å². The first kappa shape index (κ1) is 5.29. The minimum atomic E-state index is 0.545. The monoisotopic (exact) mass is 133 g/mol. The Kier molecular flexibility index (Phi) is 0.917. The summed E-state index contributed by atoms with van der Waals surface area (Å²) in [5.74, 6) is 0.545. The molecular weight excluding hydrogens is 126 g/mol. The van der Waals surface area contributed by atoms with E-state index in [0.29, 0.717) is 5.82 Å². The van der Waals surface area contributed by atoms with Crippen molar-refractivity contribution < 1.29 is 0 Å². The number of rotatable bonds is 0. The fourth-order valence-corrected chi connectivity index (χ4v) is 0.937. The second-order valence-corrected chi connectivity index (χ2v) is 2.14. The molecule has 0 spiro atoms. The van der Waals surface area contributed by atoms with Crippen LogP contribution in [0.2, 0.25) is 0 Å². The normalized spacial score (nSPS) is 10.4. The Bertz CT molecular complexity index is 350. The Morgan fingerprint density at radius 3 is 3.10 bits per heavy atom. The molecule has 0 atom stereocenters. The maximum atomic E-state index is 5.45. The lowest BCUT2D eigenvalue weighted by Crippen LogP contribution is -1.94. The molecule has 0 aliphatic rings. The molecule has 2 rings (SSSR count). The predicted molar refractivity (Wildman–Crippen MR) is 39.6 cm³/mol. The van der Waals surface area contributed by atoms with Crippen molar-refractivity contribution in [2.45, 2.75) is 0 Å². The van der Waals surface area contributed by atoms with Crippen LogP contribution in [-0.2, 0) is 0 Å². The van der Waals surface area contributed by atoms with Gasteiger partial charge in [0, 0.05) is 6.20 Å². The van der Waals surface area contributed by atoms with E-state index in [9.17, 15) is 0 Å². The van der Waals surface area contributed by atoms with Crippen LogP contribution in [0.25, 0.3) is 5.52 Å². The second kappa shape index (κ2) is 1.73. The third kappa shape index (κ3) is 0.639. The number of fused-ring (bicyclic) bond motifs is 1. The van der Waals surface area contributed by atoms with Gasteiger partial charge in [-0.1, -0.05) is 0 Å². The lowest BCUT2D eigenvalue weighted by molar-refractivity contribution is 0.951. The third-order valence-corrected chi connectivity index (χ3v) is 1.41. The SMILES string of the molecule is Nc1ccc2cccn2n1. The fourth-order valence-electron chi connectivity index (χ4n) is 0.937. The Morgan fingerprint density at radius 2 is 2.20 bits per heavy atom. The molecule has 10 heavy (non-hydrogen) atoms. The van der Waals surface area contributed by atoms with Gasteiger partial charge in [-0.2, -0.15) is 5.10 Å². The van der Waals surface area contributed by atoms with Crippen LogP contribution in [0.3, 0.4) is 0 Å². The van der Waals surface area contributed by atoms with Gasteiger partial charge in [0.25, 0.3) is 0 Å². The first-order valence-electron chi connectivity index (χ1n) is 3.06. The summed E-state index contributed by atoms with van der Waals surface area (Å²) in [6.45, 7) is 0. The molecular formula is C7H7N3. The number of aromatic nitrogens is 2. The second-order valence-electron chi connectivity index (χ2n) is 2.14. The Morgan fingerprint density at radius 1 is 1.30 bits per heavy atom. The molecule has 2 N–H and O–H groups in total. The molecule has 2 aromatic rings. The zero-order chi connectivity index (χ0) is 6.97. The lowest BCUT2D eigenvalue weighted by Gasteiger charge is -1.93. The Balaban J connectivity index is 2.86. The molecule has 0 amide bonds. The van der Waals surface area contributed by atoms with Gasteiger partial charge in [-0.25, -0.2) is 4.52 Å². The highest BCUT2D eigenvalue weighted by Crippen LogP contribution is 2.03. The number of anilines is 1. The van der Waals surface area contributed by atoms with E-state index >= 15 is 0 Å². The molecule has 0 saturated heterocycles. The average molecular weight is 133 g/mol. The summed E-state index contributed by atoms with van der Waals surface area (Å²) in [4.78, 5) is 0. The largest absolute Gasteiger partial charge is 0.382 e. The third-order valence-electron chi connectivity index (χ3n) is 1.41. The maximum absolute atomic E-state index is 5.45. The van der Waals surface area contributed by atoms with Crippen LogP contribution in [0.5, 0.6) is 0 Å². The van der Waals surface area contributed by atoms with Crippen LogP contribution in [-0.4, -0.2) is 9.61 Å². The van der Waals surface area contributed by atoms with Crippen molar-refractivity contribution in [3.63, 3.8) is 0 Å². The summed E-state index contributed by atoms with van der Waals surface area (Å²) in [6.07, 6.45) is 1.87. The highest BCUT2D eigenvalue weighted by atomic mass is 15.2. The van der Waals surface area contributed by atoms with Crippen LogP contribution in [0.15, 0.2) is 30.5 Å². The van der Waals surface area contributed by atoms with Crippen molar-refractivity contribution in [3.8, 4) is 0 Å². The van der Waals surface area contributed by atoms with Gasteiger partial charge < -0.3 is 5.73 Å². The summed E-state index contributed by atoms with van der Waals surface area (Å²) in [5, 5.41) is 4.03. The first-order chi connectivity index (χ1) is 4.86. The van der Waals surface area contributed by atoms with Crippen LogP contribution >= 0.6 is 0 Å². The number of nitrogen functional groups attached to an aromatic ring is 1. The molecule has 50 valence electrons. The van der Waals surface area contributed by atoms with Gasteiger partial charge in [0.05, 0.1) is 5.52 Å². The number of nitrogens with two attached hydrogens (primary N) is 1. The van der Waals surface area contributed by atoms with E-state index in [1.54, 1.807) is 10.6 Å². The van der Waals surface area contributed by atoms with E-state index in [-0.39, 0.29) is 0 Å². The van der Waals surface area contributed by atoms with E-state index < -0.39 is 0 Å². The van der Waals surface area contributed by atoms with E-state index in [4.69, 9.17) is 5.73 Å². The first-order valence-corrected chi connectivity index (χ1v) is 3.06. The number of hydrogen-bond donors (Lipinski definition) is 1. The molecule has 0 bridgehead atoms. The standard InChI is InChI=1S/C7H7N3/c8-7-4-3-6-2-1-5-10(6)9-7/h1-5H,(H2,8,9). The molecule has 0 aliphatic carbocycles.